The summed E-state index contributed by atoms with van der Waals surface area (Å²) in [6.45, 7) is 4.35. The molecule has 0 bridgehead atoms. The lowest BCUT2D eigenvalue weighted by Gasteiger charge is -2.37. The second-order valence-corrected chi connectivity index (χ2v) is 3.78. The molecule has 1 rings (SSSR count). The van der Waals surface area contributed by atoms with Gasteiger partial charge in [-0.05, 0) is 32.1 Å². The summed E-state index contributed by atoms with van der Waals surface area (Å²) in [4.78, 5) is 4.62. The first-order chi connectivity index (χ1) is 5.72. The molecular weight excluding hydrogens is 148 g/mol. The topological polar surface area (TPSA) is 38.4 Å². The summed E-state index contributed by atoms with van der Waals surface area (Å²) in [6.07, 6.45) is 7.03. The van der Waals surface area contributed by atoms with Gasteiger partial charge in [-0.1, -0.05) is 13.8 Å². The van der Waals surface area contributed by atoms with Crippen molar-refractivity contribution in [3.63, 3.8) is 0 Å². The Morgan fingerprint density at radius 1 is 1.42 bits per heavy atom. The SMILES string of the molecule is CCCC(N)=NC1(CC)CCC1. The van der Waals surface area contributed by atoms with Gasteiger partial charge in [0.05, 0.1) is 11.4 Å². The molecule has 0 aromatic heterocycles. The summed E-state index contributed by atoms with van der Waals surface area (Å²) >= 11 is 0. The fourth-order valence-electron chi connectivity index (χ4n) is 1.75. The molecule has 0 atom stereocenters. The first kappa shape index (κ1) is 9.56. The largest absolute Gasteiger partial charge is 0.387 e. The molecule has 2 nitrogen and oxygen atoms in total. The van der Waals surface area contributed by atoms with Gasteiger partial charge in [0.1, 0.15) is 0 Å². The number of aliphatic imine (C=N–C) groups is 1. The predicted octanol–water partition coefficient (Wildman–Crippen LogP) is 2.48. The quantitative estimate of drug-likeness (QED) is 0.508. The zero-order chi connectivity index (χ0) is 9.03. The summed E-state index contributed by atoms with van der Waals surface area (Å²) in [5, 5.41) is 0. The van der Waals surface area contributed by atoms with Crippen molar-refractivity contribution in [2.45, 2.75) is 57.9 Å². The Kier molecular flexibility index (Phi) is 3.12. The van der Waals surface area contributed by atoms with Gasteiger partial charge in [0.15, 0.2) is 0 Å². The van der Waals surface area contributed by atoms with Crippen molar-refractivity contribution in [1.29, 1.82) is 0 Å². The average molecular weight is 168 g/mol. The number of rotatable bonds is 4. The molecule has 0 aromatic rings. The summed E-state index contributed by atoms with van der Waals surface area (Å²) in [5.41, 5.74) is 6.05. The van der Waals surface area contributed by atoms with Crippen molar-refractivity contribution >= 4 is 5.84 Å². The molecule has 0 aromatic carbocycles. The lowest BCUT2D eigenvalue weighted by Crippen LogP contribution is -2.36. The predicted molar refractivity (Wildman–Crippen MR) is 53.4 cm³/mol. The molecule has 1 aliphatic rings. The van der Waals surface area contributed by atoms with E-state index in [0.29, 0.717) is 0 Å². The average Bonchev–Trinajstić information content (AvgIpc) is 1.97. The highest BCUT2D eigenvalue weighted by molar-refractivity contribution is 5.80. The van der Waals surface area contributed by atoms with Crippen molar-refractivity contribution in [3.8, 4) is 0 Å². The van der Waals surface area contributed by atoms with E-state index in [9.17, 15) is 0 Å². The molecule has 2 N–H and O–H groups in total. The lowest BCUT2D eigenvalue weighted by atomic mass is 9.75. The molecule has 1 saturated carbocycles. The minimum Gasteiger partial charge on any atom is -0.387 e. The highest BCUT2D eigenvalue weighted by atomic mass is 15.0. The highest BCUT2D eigenvalue weighted by Crippen LogP contribution is 2.38. The molecule has 0 heterocycles. The molecule has 1 fully saturated rings. The van der Waals surface area contributed by atoms with Crippen LogP contribution in [-0.2, 0) is 0 Å². The molecule has 0 amide bonds. The van der Waals surface area contributed by atoms with Crippen LogP contribution in [0.15, 0.2) is 4.99 Å². The van der Waals surface area contributed by atoms with Crippen LogP contribution in [0.4, 0.5) is 0 Å². The lowest BCUT2D eigenvalue weighted by molar-refractivity contribution is 0.243. The van der Waals surface area contributed by atoms with Gasteiger partial charge in [0.25, 0.3) is 0 Å². The molecule has 70 valence electrons. The number of amidine groups is 1. The van der Waals surface area contributed by atoms with Crippen molar-refractivity contribution in [1.82, 2.24) is 0 Å². The van der Waals surface area contributed by atoms with Crippen molar-refractivity contribution < 1.29 is 0 Å². The summed E-state index contributed by atoms with van der Waals surface area (Å²) in [7, 11) is 0. The maximum atomic E-state index is 5.81. The first-order valence-corrected chi connectivity index (χ1v) is 5.06. The van der Waals surface area contributed by atoms with Gasteiger partial charge in [-0.15, -0.1) is 0 Å². The minimum absolute atomic E-state index is 0.249. The normalized spacial score (nSPS) is 22.0. The fourth-order valence-corrected chi connectivity index (χ4v) is 1.75. The molecule has 0 unspecified atom stereocenters. The Morgan fingerprint density at radius 3 is 2.42 bits per heavy atom. The van der Waals surface area contributed by atoms with Crippen LogP contribution in [0.5, 0.6) is 0 Å². The fraction of sp³-hybridized carbons (Fsp3) is 0.900. The van der Waals surface area contributed by atoms with Crippen LogP contribution in [0.1, 0.15) is 52.4 Å². The molecule has 0 radical (unpaired) electrons. The Hall–Kier alpha value is -0.530. The zero-order valence-corrected chi connectivity index (χ0v) is 8.27. The third-order valence-electron chi connectivity index (χ3n) is 2.83. The smallest absolute Gasteiger partial charge is 0.0943 e. The van der Waals surface area contributed by atoms with Gasteiger partial charge in [-0.3, -0.25) is 4.99 Å². The van der Waals surface area contributed by atoms with Gasteiger partial charge in [-0.25, -0.2) is 0 Å². The van der Waals surface area contributed by atoms with E-state index in [1.807, 2.05) is 0 Å². The van der Waals surface area contributed by atoms with E-state index in [-0.39, 0.29) is 5.54 Å². The third-order valence-corrected chi connectivity index (χ3v) is 2.83. The maximum Gasteiger partial charge on any atom is 0.0943 e. The number of hydrogen-bond acceptors (Lipinski definition) is 1. The summed E-state index contributed by atoms with van der Waals surface area (Å²) in [6, 6.07) is 0. The second-order valence-electron chi connectivity index (χ2n) is 3.78. The third kappa shape index (κ3) is 1.99. The van der Waals surface area contributed by atoms with E-state index in [0.717, 1.165) is 25.1 Å². The Balaban J connectivity index is 2.50. The first-order valence-electron chi connectivity index (χ1n) is 5.06. The van der Waals surface area contributed by atoms with Gasteiger partial charge in [0, 0.05) is 6.42 Å². The van der Waals surface area contributed by atoms with E-state index in [1.54, 1.807) is 0 Å². The molecule has 0 saturated heterocycles. The van der Waals surface area contributed by atoms with E-state index in [4.69, 9.17) is 5.73 Å². The van der Waals surface area contributed by atoms with Crippen LogP contribution in [0, 0.1) is 0 Å². The van der Waals surface area contributed by atoms with Crippen molar-refractivity contribution in [2.75, 3.05) is 0 Å². The van der Waals surface area contributed by atoms with Crippen LogP contribution in [0.2, 0.25) is 0 Å². The van der Waals surface area contributed by atoms with Crippen LogP contribution >= 0.6 is 0 Å². The Labute approximate surface area is 75.3 Å². The molecule has 12 heavy (non-hydrogen) atoms. The Bertz CT molecular complexity index is 163. The molecule has 1 aliphatic carbocycles. The van der Waals surface area contributed by atoms with Gasteiger partial charge in [0.2, 0.25) is 0 Å². The minimum atomic E-state index is 0.249. The zero-order valence-electron chi connectivity index (χ0n) is 8.27. The van der Waals surface area contributed by atoms with Crippen molar-refractivity contribution in [3.05, 3.63) is 0 Å². The summed E-state index contributed by atoms with van der Waals surface area (Å²) < 4.78 is 0. The standard InChI is InChI=1S/C10H20N2/c1-3-6-9(11)12-10(4-2)7-5-8-10/h3-8H2,1-2H3,(H2,11,12). The van der Waals surface area contributed by atoms with Crippen LogP contribution in [0.3, 0.4) is 0 Å². The van der Waals surface area contributed by atoms with E-state index < -0.39 is 0 Å². The van der Waals surface area contributed by atoms with E-state index >= 15 is 0 Å². The van der Waals surface area contributed by atoms with Crippen molar-refractivity contribution in [2.24, 2.45) is 10.7 Å². The monoisotopic (exact) mass is 168 g/mol. The maximum absolute atomic E-state index is 5.81. The molecular formula is C10H20N2. The van der Waals surface area contributed by atoms with Gasteiger partial charge in [-0.2, -0.15) is 0 Å². The Morgan fingerprint density at radius 2 is 2.08 bits per heavy atom. The van der Waals surface area contributed by atoms with E-state index in [2.05, 4.69) is 18.8 Å². The molecule has 0 spiro atoms. The van der Waals surface area contributed by atoms with Gasteiger partial charge >= 0.3 is 0 Å². The van der Waals surface area contributed by atoms with Crippen LogP contribution in [0.25, 0.3) is 0 Å². The van der Waals surface area contributed by atoms with Crippen LogP contribution < -0.4 is 5.73 Å². The van der Waals surface area contributed by atoms with Gasteiger partial charge < -0.3 is 5.73 Å². The van der Waals surface area contributed by atoms with E-state index in [1.165, 1.54) is 19.3 Å². The second kappa shape index (κ2) is 3.92. The number of nitrogens with zero attached hydrogens (tertiary/aromatic N) is 1. The molecule has 0 aliphatic heterocycles. The number of nitrogens with two attached hydrogens (primary N) is 1. The highest BCUT2D eigenvalue weighted by Gasteiger charge is 2.34. The van der Waals surface area contributed by atoms with Crippen LogP contribution in [-0.4, -0.2) is 11.4 Å². The number of hydrogen-bond donors (Lipinski definition) is 1. The summed E-state index contributed by atoms with van der Waals surface area (Å²) in [5.74, 6) is 0.860. The molecule has 2 heteroatoms.